The van der Waals surface area contributed by atoms with Gasteiger partial charge in [0.2, 0.25) is 5.89 Å². The Morgan fingerprint density at radius 2 is 1.94 bits per heavy atom. The van der Waals surface area contributed by atoms with E-state index in [9.17, 15) is 4.79 Å². The molecule has 0 N–H and O–H groups in total. The highest BCUT2D eigenvalue weighted by molar-refractivity contribution is 5.66. The van der Waals surface area contributed by atoms with Gasteiger partial charge in [0.25, 0.3) is 0 Å². The number of nitrogens with zero attached hydrogens (tertiary/aromatic N) is 1. The Hall–Kier alpha value is -3.08. The molecule has 162 valence electrons. The average Bonchev–Trinajstić information content (AvgIpc) is 3.37. The number of hydrogen-bond donors (Lipinski definition) is 0. The topological polar surface area (TPSA) is 61.6 Å². The van der Waals surface area contributed by atoms with Crippen LogP contribution in [-0.4, -0.2) is 17.6 Å². The molecule has 0 radical (unpaired) electrons. The molecule has 1 atom stereocenters. The monoisotopic (exact) mass is 419 g/mol. The summed E-state index contributed by atoms with van der Waals surface area (Å²) in [5, 5.41) is 0. The average molecular weight is 420 g/mol. The van der Waals surface area contributed by atoms with Crippen molar-refractivity contribution in [3.05, 3.63) is 70.6 Å². The van der Waals surface area contributed by atoms with Gasteiger partial charge in [0.15, 0.2) is 0 Å². The number of aromatic nitrogens is 1. The Kier molecular flexibility index (Phi) is 6.40. The molecule has 1 aliphatic carbocycles. The lowest BCUT2D eigenvalue weighted by atomic mass is 10.1. The van der Waals surface area contributed by atoms with Crippen LogP contribution in [0.5, 0.6) is 5.75 Å². The van der Waals surface area contributed by atoms with Crippen molar-refractivity contribution in [3.63, 3.8) is 0 Å². The van der Waals surface area contributed by atoms with E-state index in [1.165, 1.54) is 18.1 Å². The molecule has 1 aromatic heterocycles. The zero-order valence-corrected chi connectivity index (χ0v) is 18.4. The molecule has 1 heterocycles. The van der Waals surface area contributed by atoms with Crippen LogP contribution in [0.3, 0.4) is 0 Å². The van der Waals surface area contributed by atoms with Crippen LogP contribution in [-0.2, 0) is 35.2 Å². The summed E-state index contributed by atoms with van der Waals surface area (Å²) < 4.78 is 17.4. The van der Waals surface area contributed by atoms with E-state index in [0.717, 1.165) is 54.0 Å². The molecule has 0 fully saturated rings. The first-order valence-corrected chi connectivity index (χ1v) is 11.1. The molecule has 1 unspecified atom stereocenters. The van der Waals surface area contributed by atoms with Crippen molar-refractivity contribution in [1.29, 1.82) is 0 Å². The van der Waals surface area contributed by atoms with Gasteiger partial charge in [-0.25, -0.2) is 4.98 Å². The van der Waals surface area contributed by atoms with E-state index in [4.69, 9.17) is 18.9 Å². The molecule has 0 saturated heterocycles. The smallest absolute Gasteiger partial charge is 0.303 e. The zero-order chi connectivity index (χ0) is 21.8. The maximum absolute atomic E-state index is 11.3. The van der Waals surface area contributed by atoms with Crippen LogP contribution in [0.1, 0.15) is 61.4 Å². The van der Waals surface area contributed by atoms with E-state index in [1.54, 1.807) is 0 Å². The van der Waals surface area contributed by atoms with Gasteiger partial charge in [-0.05, 0) is 60.2 Å². The lowest BCUT2D eigenvalue weighted by Crippen LogP contribution is -2.06. The van der Waals surface area contributed by atoms with Gasteiger partial charge in [-0.3, -0.25) is 4.79 Å². The van der Waals surface area contributed by atoms with Crippen molar-refractivity contribution in [2.24, 2.45) is 0 Å². The van der Waals surface area contributed by atoms with Gasteiger partial charge in [-0.2, -0.15) is 0 Å². The largest absolute Gasteiger partial charge is 0.493 e. The number of oxazole rings is 1. The number of carbonyl (C=O) groups is 1. The lowest BCUT2D eigenvalue weighted by molar-refractivity contribution is -0.146. The number of hydrogen-bond acceptors (Lipinski definition) is 5. The summed E-state index contributed by atoms with van der Waals surface area (Å²) in [6, 6.07) is 14.4. The molecule has 0 spiro atoms. The second kappa shape index (κ2) is 9.38. The molecule has 5 heteroatoms. The fourth-order valence-corrected chi connectivity index (χ4v) is 4.09. The van der Waals surface area contributed by atoms with Crippen molar-refractivity contribution in [1.82, 2.24) is 4.98 Å². The number of aryl methyl sites for hydroxylation is 3. The van der Waals surface area contributed by atoms with E-state index < -0.39 is 0 Å². The second-order valence-corrected chi connectivity index (χ2v) is 7.89. The van der Waals surface area contributed by atoms with Crippen LogP contribution in [0.4, 0.5) is 0 Å². The molecule has 0 amide bonds. The Balaban J connectivity index is 1.39. The highest BCUT2D eigenvalue weighted by Crippen LogP contribution is 2.36. The summed E-state index contributed by atoms with van der Waals surface area (Å²) in [7, 11) is 0. The molecular formula is C26H29NO4. The van der Waals surface area contributed by atoms with Gasteiger partial charge in [-0.1, -0.05) is 32.0 Å². The molecule has 2 aromatic carbocycles. The third-order valence-electron chi connectivity index (χ3n) is 5.76. The van der Waals surface area contributed by atoms with Crippen LogP contribution in [0.25, 0.3) is 11.5 Å². The predicted molar refractivity (Wildman–Crippen MR) is 119 cm³/mol. The van der Waals surface area contributed by atoms with Crippen molar-refractivity contribution in [2.45, 2.75) is 59.0 Å². The van der Waals surface area contributed by atoms with Crippen LogP contribution in [0.15, 0.2) is 46.9 Å². The second-order valence-electron chi connectivity index (χ2n) is 7.89. The van der Waals surface area contributed by atoms with Gasteiger partial charge in [-0.15, -0.1) is 0 Å². The molecule has 31 heavy (non-hydrogen) atoms. The number of esters is 1. The molecule has 4 rings (SSSR count). The maximum atomic E-state index is 11.3. The first kappa shape index (κ1) is 21.2. The van der Waals surface area contributed by atoms with Crippen molar-refractivity contribution in [3.8, 4) is 17.2 Å². The third-order valence-corrected chi connectivity index (χ3v) is 5.76. The summed E-state index contributed by atoms with van der Waals surface area (Å²) >= 11 is 0. The third kappa shape index (κ3) is 4.82. The molecule has 0 bridgehead atoms. The normalized spacial score (nSPS) is 15.0. The van der Waals surface area contributed by atoms with Crippen LogP contribution >= 0.6 is 0 Å². The maximum Gasteiger partial charge on any atom is 0.303 e. The molecule has 1 aliphatic rings. The van der Waals surface area contributed by atoms with E-state index in [1.807, 2.05) is 12.1 Å². The Bertz CT molecular complexity index is 1050. The van der Waals surface area contributed by atoms with E-state index in [0.29, 0.717) is 18.9 Å². The van der Waals surface area contributed by atoms with Gasteiger partial charge >= 0.3 is 5.97 Å². The fourth-order valence-electron chi connectivity index (χ4n) is 4.09. The Morgan fingerprint density at radius 1 is 1.13 bits per heavy atom. The minimum absolute atomic E-state index is 0.131. The minimum Gasteiger partial charge on any atom is -0.493 e. The Labute approximate surface area is 183 Å². The summed E-state index contributed by atoms with van der Waals surface area (Å²) in [6.45, 7) is 6.21. The lowest BCUT2D eigenvalue weighted by Gasteiger charge is -2.12. The predicted octanol–water partition coefficient (Wildman–Crippen LogP) is 5.64. The number of rotatable bonds is 8. The van der Waals surface area contributed by atoms with Crippen LogP contribution in [0, 0.1) is 0 Å². The van der Waals surface area contributed by atoms with Crippen LogP contribution < -0.4 is 4.74 Å². The standard InChI is InChI=1S/C26H29NO4/c1-4-18-6-8-19(9-7-18)26-27-23(24(5-2)31-26)14-15-29-21-11-12-22-20(16-21)10-13-25(22)30-17(3)28/h6-9,11-12,16,25H,4-5,10,13-15H2,1-3H3. The van der Waals surface area contributed by atoms with Crippen molar-refractivity contribution in [2.75, 3.05) is 6.61 Å². The SMILES string of the molecule is CCc1ccc(-c2nc(CCOc3ccc4c(c3)CCC4OC(C)=O)c(CC)o2)cc1. The van der Waals surface area contributed by atoms with Crippen molar-refractivity contribution < 1.29 is 18.7 Å². The summed E-state index contributed by atoms with van der Waals surface area (Å²) in [6.07, 6.45) is 4.10. The summed E-state index contributed by atoms with van der Waals surface area (Å²) in [4.78, 5) is 16.0. The van der Waals surface area contributed by atoms with Crippen LogP contribution in [0.2, 0.25) is 0 Å². The first-order chi connectivity index (χ1) is 15.1. The molecule has 5 nitrogen and oxygen atoms in total. The fraction of sp³-hybridized carbons (Fsp3) is 0.385. The number of benzene rings is 2. The van der Waals surface area contributed by atoms with E-state index in [-0.39, 0.29) is 12.1 Å². The van der Waals surface area contributed by atoms with Gasteiger partial charge in [0.1, 0.15) is 17.6 Å². The number of ether oxygens (including phenoxy) is 2. The van der Waals surface area contributed by atoms with Gasteiger partial charge < -0.3 is 13.9 Å². The number of carbonyl (C=O) groups excluding carboxylic acids is 1. The molecule has 0 aliphatic heterocycles. The van der Waals surface area contributed by atoms with E-state index in [2.05, 4.69) is 44.2 Å². The van der Waals surface area contributed by atoms with Crippen molar-refractivity contribution >= 4 is 5.97 Å². The zero-order valence-electron chi connectivity index (χ0n) is 18.4. The Morgan fingerprint density at radius 3 is 2.65 bits per heavy atom. The molecular weight excluding hydrogens is 390 g/mol. The first-order valence-electron chi connectivity index (χ1n) is 11.1. The van der Waals surface area contributed by atoms with E-state index >= 15 is 0 Å². The highest BCUT2D eigenvalue weighted by atomic mass is 16.5. The van der Waals surface area contributed by atoms with Gasteiger partial charge in [0, 0.05) is 25.3 Å². The highest BCUT2D eigenvalue weighted by Gasteiger charge is 2.25. The van der Waals surface area contributed by atoms with Gasteiger partial charge in [0.05, 0.1) is 12.3 Å². The molecule has 3 aromatic rings. The summed E-state index contributed by atoms with van der Waals surface area (Å²) in [5.74, 6) is 2.18. The minimum atomic E-state index is -0.238. The quantitative estimate of drug-likeness (QED) is 0.442. The molecule has 0 saturated carbocycles. The number of fused-ring (bicyclic) bond motifs is 1. The summed E-state index contributed by atoms with van der Waals surface area (Å²) in [5.41, 5.74) is 5.53.